The standard InChI is InChI=1S/C33H35BNO2/c1-31(2)27-17-11-10-16-25(27)26-21-20-24(22-28(26)31)35(23-14-8-7-9-15-23)30-19-13-12-18-29(30)34-37-33(5,6)32(3,4)36/h7-22,36H,1-6H3. The van der Waals surface area contributed by atoms with Crippen LogP contribution < -0.4 is 10.4 Å². The van der Waals surface area contributed by atoms with E-state index in [1.54, 1.807) is 21.3 Å². The highest BCUT2D eigenvalue weighted by Gasteiger charge is 2.37. The zero-order chi connectivity index (χ0) is 26.4. The molecule has 0 spiro atoms. The Morgan fingerprint density at radius 2 is 1.32 bits per heavy atom. The average molecular weight is 488 g/mol. The molecular formula is C33H35BNO2. The largest absolute Gasteiger partial charge is 0.427 e. The van der Waals surface area contributed by atoms with Gasteiger partial charge in [0, 0.05) is 22.5 Å². The van der Waals surface area contributed by atoms with E-state index in [9.17, 15) is 5.11 Å². The molecule has 0 atom stereocenters. The minimum atomic E-state index is -1.00. The molecule has 4 heteroatoms. The number of hydrogen-bond acceptors (Lipinski definition) is 3. The number of nitrogens with zero attached hydrogens (tertiary/aromatic N) is 1. The fourth-order valence-electron chi connectivity index (χ4n) is 4.98. The van der Waals surface area contributed by atoms with Crippen molar-refractivity contribution < 1.29 is 9.76 Å². The predicted molar refractivity (Wildman–Crippen MR) is 156 cm³/mol. The second-order valence-corrected chi connectivity index (χ2v) is 11.4. The average Bonchev–Trinajstić information content (AvgIpc) is 3.10. The first-order valence-corrected chi connectivity index (χ1v) is 12.9. The molecule has 0 aromatic heterocycles. The minimum Gasteiger partial charge on any atom is -0.427 e. The highest BCUT2D eigenvalue weighted by atomic mass is 16.5. The van der Waals surface area contributed by atoms with Crippen LogP contribution in [0.1, 0.15) is 52.7 Å². The lowest BCUT2D eigenvalue weighted by Crippen LogP contribution is -2.49. The number of fused-ring (bicyclic) bond motifs is 3. The van der Waals surface area contributed by atoms with E-state index >= 15 is 0 Å². The van der Waals surface area contributed by atoms with Crippen LogP contribution in [0.5, 0.6) is 0 Å². The van der Waals surface area contributed by atoms with Crippen LogP contribution in [-0.2, 0) is 10.1 Å². The van der Waals surface area contributed by atoms with E-state index in [0.717, 1.165) is 22.5 Å². The number of anilines is 3. The maximum absolute atomic E-state index is 10.6. The van der Waals surface area contributed by atoms with Crippen molar-refractivity contribution in [1.29, 1.82) is 0 Å². The van der Waals surface area contributed by atoms with Crippen molar-refractivity contribution in [1.82, 2.24) is 0 Å². The van der Waals surface area contributed by atoms with Crippen molar-refractivity contribution in [2.24, 2.45) is 0 Å². The molecular weight excluding hydrogens is 453 g/mol. The lowest BCUT2D eigenvalue weighted by atomic mass is 9.81. The van der Waals surface area contributed by atoms with Gasteiger partial charge >= 0.3 is 7.48 Å². The van der Waals surface area contributed by atoms with E-state index in [4.69, 9.17) is 4.65 Å². The Morgan fingerprint density at radius 1 is 0.703 bits per heavy atom. The summed E-state index contributed by atoms with van der Waals surface area (Å²) >= 11 is 0. The second-order valence-electron chi connectivity index (χ2n) is 11.4. The van der Waals surface area contributed by atoms with Gasteiger partial charge in [-0.1, -0.05) is 80.6 Å². The van der Waals surface area contributed by atoms with Crippen molar-refractivity contribution in [3.63, 3.8) is 0 Å². The SMILES string of the molecule is CC1(C)c2ccccc2-c2ccc(N(c3ccccc3)c3ccccc3[B]OC(C)(C)C(C)(C)O)cc21. The highest BCUT2D eigenvalue weighted by molar-refractivity contribution is 6.49. The lowest BCUT2D eigenvalue weighted by Gasteiger charge is -2.38. The van der Waals surface area contributed by atoms with Crippen molar-refractivity contribution in [3.05, 3.63) is 108 Å². The first kappa shape index (κ1) is 25.3. The molecule has 0 fully saturated rings. The number of aliphatic hydroxyl groups is 1. The van der Waals surface area contributed by atoms with Crippen molar-refractivity contribution in [3.8, 4) is 11.1 Å². The third-order valence-corrected chi connectivity index (χ3v) is 7.97. The van der Waals surface area contributed by atoms with E-state index in [0.29, 0.717) is 0 Å². The number of hydrogen-bond donors (Lipinski definition) is 1. The summed E-state index contributed by atoms with van der Waals surface area (Å²) < 4.78 is 6.19. The zero-order valence-corrected chi connectivity index (χ0v) is 22.6. The zero-order valence-electron chi connectivity index (χ0n) is 22.6. The van der Waals surface area contributed by atoms with Crippen LogP contribution in [0.4, 0.5) is 17.1 Å². The summed E-state index contributed by atoms with van der Waals surface area (Å²) in [6.45, 7) is 12.0. The van der Waals surface area contributed by atoms with Gasteiger partial charge in [0.2, 0.25) is 0 Å². The Kier molecular flexibility index (Phi) is 6.30. The monoisotopic (exact) mass is 488 g/mol. The Balaban J connectivity index is 1.61. The topological polar surface area (TPSA) is 32.7 Å². The van der Waals surface area contributed by atoms with E-state index in [-0.39, 0.29) is 5.41 Å². The summed E-state index contributed by atoms with van der Waals surface area (Å²) in [5.41, 5.74) is 7.56. The molecule has 1 aliphatic carbocycles. The van der Waals surface area contributed by atoms with Crippen molar-refractivity contribution in [2.45, 2.75) is 58.2 Å². The van der Waals surface area contributed by atoms with E-state index in [1.807, 2.05) is 26.0 Å². The number of rotatable bonds is 7. The van der Waals surface area contributed by atoms with Gasteiger partial charge in [0.1, 0.15) is 0 Å². The Hall–Kier alpha value is -3.34. The summed E-state index contributed by atoms with van der Waals surface area (Å²) in [6.07, 6.45) is 0. The highest BCUT2D eigenvalue weighted by Crippen LogP contribution is 2.50. The predicted octanol–water partition coefficient (Wildman–Crippen LogP) is 7.27. The first-order chi connectivity index (χ1) is 17.5. The molecule has 187 valence electrons. The first-order valence-electron chi connectivity index (χ1n) is 12.9. The Labute approximate surface area is 222 Å². The van der Waals surface area contributed by atoms with Gasteiger partial charge in [-0.25, -0.2) is 0 Å². The fourth-order valence-corrected chi connectivity index (χ4v) is 4.98. The lowest BCUT2D eigenvalue weighted by molar-refractivity contribution is -0.0893. The Bertz CT molecular complexity index is 1420. The van der Waals surface area contributed by atoms with Gasteiger partial charge < -0.3 is 14.7 Å². The molecule has 1 radical (unpaired) electrons. The summed E-state index contributed by atoms with van der Waals surface area (Å²) in [6, 6.07) is 34.2. The van der Waals surface area contributed by atoms with Gasteiger partial charge in [-0.3, -0.25) is 0 Å². The summed E-state index contributed by atoms with van der Waals surface area (Å²) in [5.74, 6) is 0. The maximum Gasteiger partial charge on any atom is 0.333 e. The molecule has 3 nitrogen and oxygen atoms in total. The Morgan fingerprint density at radius 3 is 2.05 bits per heavy atom. The third kappa shape index (κ3) is 4.49. The summed E-state index contributed by atoms with van der Waals surface area (Å²) in [7, 11) is 1.77. The van der Waals surface area contributed by atoms with Gasteiger partial charge in [0.25, 0.3) is 0 Å². The van der Waals surface area contributed by atoms with E-state index in [1.165, 1.54) is 22.3 Å². The van der Waals surface area contributed by atoms with Gasteiger partial charge in [-0.15, -0.1) is 0 Å². The molecule has 0 bridgehead atoms. The van der Waals surface area contributed by atoms with Crippen molar-refractivity contribution in [2.75, 3.05) is 4.90 Å². The van der Waals surface area contributed by atoms with Crippen LogP contribution in [0.15, 0.2) is 97.1 Å². The van der Waals surface area contributed by atoms with Crippen LogP contribution >= 0.6 is 0 Å². The normalized spacial score (nSPS) is 14.1. The van der Waals surface area contributed by atoms with E-state index < -0.39 is 11.2 Å². The molecule has 37 heavy (non-hydrogen) atoms. The van der Waals surface area contributed by atoms with Crippen LogP contribution in [0, 0.1) is 0 Å². The molecule has 0 aliphatic heterocycles. The second kappa shape index (κ2) is 9.20. The molecule has 0 saturated carbocycles. The molecule has 1 N–H and O–H groups in total. The van der Waals surface area contributed by atoms with Gasteiger partial charge in [0.05, 0.1) is 11.2 Å². The van der Waals surface area contributed by atoms with Gasteiger partial charge in [-0.2, -0.15) is 0 Å². The minimum absolute atomic E-state index is 0.0875. The van der Waals surface area contributed by atoms with Crippen LogP contribution in [0.2, 0.25) is 0 Å². The van der Waals surface area contributed by atoms with Crippen LogP contribution in [0.25, 0.3) is 11.1 Å². The fraction of sp³-hybridized carbons (Fsp3) is 0.273. The molecule has 0 saturated heterocycles. The van der Waals surface area contributed by atoms with E-state index in [2.05, 4.69) is 104 Å². The van der Waals surface area contributed by atoms with Crippen molar-refractivity contribution >= 4 is 30.0 Å². The summed E-state index contributed by atoms with van der Waals surface area (Å²) in [4.78, 5) is 2.28. The van der Waals surface area contributed by atoms with Gasteiger partial charge in [0.15, 0.2) is 0 Å². The molecule has 1 aliphatic rings. The number of benzene rings is 4. The maximum atomic E-state index is 10.6. The molecule has 5 rings (SSSR count). The quantitative estimate of drug-likeness (QED) is 0.278. The molecule has 4 aromatic rings. The number of para-hydroxylation sites is 2. The molecule has 0 heterocycles. The van der Waals surface area contributed by atoms with Gasteiger partial charge in [-0.05, 0) is 85.7 Å². The smallest absolute Gasteiger partial charge is 0.333 e. The van der Waals surface area contributed by atoms with Crippen LogP contribution in [0.3, 0.4) is 0 Å². The third-order valence-electron chi connectivity index (χ3n) is 7.97. The molecule has 4 aromatic carbocycles. The summed E-state index contributed by atoms with van der Waals surface area (Å²) in [5, 5.41) is 10.6. The molecule has 0 amide bonds. The van der Waals surface area contributed by atoms with Crippen LogP contribution in [-0.4, -0.2) is 23.8 Å². The molecule has 0 unspecified atom stereocenters.